The molecule has 7 heteroatoms. The molecule has 0 unspecified atom stereocenters. The van der Waals surface area contributed by atoms with Crippen LogP contribution in [0, 0.1) is 0 Å². The van der Waals surface area contributed by atoms with Crippen molar-refractivity contribution in [2.75, 3.05) is 6.61 Å². The molecule has 0 saturated carbocycles. The quantitative estimate of drug-likeness (QED) is 0.697. The van der Waals surface area contributed by atoms with Crippen molar-refractivity contribution < 1.29 is 27.8 Å². The molecule has 0 saturated heterocycles. The first-order chi connectivity index (χ1) is 5.31. The molecule has 0 spiro atoms. The van der Waals surface area contributed by atoms with Crippen LogP contribution < -0.4 is 5.32 Å². The Balaban J connectivity index is 3.57. The minimum atomic E-state index is -4.71. The molecular weight excluding hydrogens is 179 g/mol. The lowest BCUT2D eigenvalue weighted by Crippen LogP contribution is -2.36. The average Bonchev–Trinajstić information content (AvgIpc) is 1.80. The second-order valence-corrected chi connectivity index (χ2v) is 2.11. The van der Waals surface area contributed by atoms with Crippen molar-refractivity contribution in [3.63, 3.8) is 0 Å². The number of ether oxygens (including phenoxy) is 1. The van der Waals surface area contributed by atoms with Gasteiger partial charge in [0.1, 0.15) is 0 Å². The summed E-state index contributed by atoms with van der Waals surface area (Å²) in [7, 11) is 0. The molecule has 0 aromatic carbocycles. The molecule has 0 bridgehead atoms. The summed E-state index contributed by atoms with van der Waals surface area (Å²) in [5.41, 5.74) is 0. The Morgan fingerprint density at radius 1 is 1.67 bits per heavy atom. The van der Waals surface area contributed by atoms with Crippen LogP contribution in [0.3, 0.4) is 0 Å². The summed E-state index contributed by atoms with van der Waals surface area (Å²) >= 11 is 0. The maximum atomic E-state index is 11.4. The van der Waals surface area contributed by atoms with E-state index in [9.17, 15) is 18.0 Å². The second kappa shape index (κ2) is 4.15. The van der Waals surface area contributed by atoms with E-state index in [-0.39, 0.29) is 0 Å². The molecule has 0 rings (SSSR count). The molecule has 0 aliphatic heterocycles. The summed E-state index contributed by atoms with van der Waals surface area (Å²) in [6.07, 6.45) is -6.10. The Morgan fingerprint density at radius 3 is 2.50 bits per heavy atom. The Morgan fingerprint density at radius 2 is 2.17 bits per heavy atom. The van der Waals surface area contributed by atoms with E-state index in [1.54, 1.807) is 5.32 Å². The van der Waals surface area contributed by atoms with Crippen molar-refractivity contribution in [2.24, 2.45) is 0 Å². The number of carbonyl (C=O) groups is 1. The summed E-state index contributed by atoms with van der Waals surface area (Å²) in [5, 5.41) is 9.87. The molecule has 0 radical (unpaired) electrons. The lowest BCUT2D eigenvalue weighted by Gasteiger charge is -2.12. The summed E-state index contributed by atoms with van der Waals surface area (Å²) in [5.74, 6) is 0. The van der Waals surface area contributed by atoms with Crippen LogP contribution in [-0.2, 0) is 4.74 Å². The van der Waals surface area contributed by atoms with Gasteiger partial charge < -0.3 is 10.4 Å². The smallest absolute Gasteiger partial charge is 0.465 e. The highest BCUT2D eigenvalue weighted by molar-refractivity contribution is 5.64. The first-order valence-electron chi connectivity index (χ1n) is 3.01. The standard InChI is InChI=1S/C5H8F3NO3/c1-3(9-4(10)11)2-12-5(6,7)8/h3,9H,2H2,1H3,(H,10,11)/t3-/m0/s1. The zero-order valence-electron chi connectivity index (χ0n) is 6.18. The van der Waals surface area contributed by atoms with Crippen LogP contribution in [0.1, 0.15) is 6.92 Å². The van der Waals surface area contributed by atoms with E-state index in [1.165, 1.54) is 6.92 Å². The van der Waals surface area contributed by atoms with Gasteiger partial charge in [-0.2, -0.15) is 0 Å². The fourth-order valence-corrected chi connectivity index (χ4v) is 0.472. The number of alkyl halides is 3. The number of amides is 1. The van der Waals surface area contributed by atoms with E-state index in [0.717, 1.165) is 0 Å². The third kappa shape index (κ3) is 7.13. The highest BCUT2D eigenvalue weighted by Gasteiger charge is 2.29. The summed E-state index contributed by atoms with van der Waals surface area (Å²) in [6, 6.07) is -0.885. The fraction of sp³-hybridized carbons (Fsp3) is 0.800. The first kappa shape index (κ1) is 11.0. The van der Waals surface area contributed by atoms with Gasteiger partial charge in [-0.15, -0.1) is 13.2 Å². The van der Waals surface area contributed by atoms with E-state index in [2.05, 4.69) is 4.74 Å². The SMILES string of the molecule is C[C@@H](COC(F)(F)F)NC(=O)O. The van der Waals surface area contributed by atoms with Crippen molar-refractivity contribution in [1.82, 2.24) is 5.32 Å². The predicted octanol–water partition coefficient (Wildman–Crippen LogP) is 1.18. The Labute approximate surface area is 66.3 Å². The molecule has 1 atom stereocenters. The van der Waals surface area contributed by atoms with Gasteiger partial charge in [0.2, 0.25) is 0 Å². The van der Waals surface area contributed by atoms with Crippen LogP contribution in [-0.4, -0.2) is 30.2 Å². The molecule has 72 valence electrons. The Bertz CT molecular complexity index is 159. The van der Waals surface area contributed by atoms with Crippen LogP contribution in [0.25, 0.3) is 0 Å². The van der Waals surface area contributed by atoms with E-state index in [0.29, 0.717) is 0 Å². The number of hydrogen-bond donors (Lipinski definition) is 2. The molecule has 0 heterocycles. The first-order valence-corrected chi connectivity index (χ1v) is 3.01. The van der Waals surface area contributed by atoms with Crippen LogP contribution >= 0.6 is 0 Å². The number of rotatable bonds is 3. The van der Waals surface area contributed by atoms with Gasteiger partial charge in [-0.1, -0.05) is 0 Å². The van der Waals surface area contributed by atoms with Crippen molar-refractivity contribution >= 4 is 6.09 Å². The number of nitrogens with one attached hydrogen (secondary N) is 1. The largest absolute Gasteiger partial charge is 0.522 e. The van der Waals surface area contributed by atoms with Gasteiger partial charge in [-0.3, -0.25) is 4.74 Å². The van der Waals surface area contributed by atoms with Crippen molar-refractivity contribution in [1.29, 1.82) is 0 Å². The van der Waals surface area contributed by atoms with Gasteiger partial charge in [-0.05, 0) is 6.92 Å². The minimum absolute atomic E-state index is 0.726. The van der Waals surface area contributed by atoms with Crippen molar-refractivity contribution in [3.8, 4) is 0 Å². The van der Waals surface area contributed by atoms with Gasteiger partial charge in [-0.25, -0.2) is 4.79 Å². The van der Waals surface area contributed by atoms with E-state index >= 15 is 0 Å². The third-order valence-corrected chi connectivity index (χ3v) is 0.867. The number of hydrogen-bond acceptors (Lipinski definition) is 2. The van der Waals surface area contributed by atoms with Crippen LogP contribution in [0.5, 0.6) is 0 Å². The molecule has 2 N–H and O–H groups in total. The van der Waals surface area contributed by atoms with Gasteiger partial charge in [0.25, 0.3) is 0 Å². The Hall–Kier alpha value is -0.980. The highest BCUT2D eigenvalue weighted by Crippen LogP contribution is 2.15. The molecule has 0 aromatic heterocycles. The van der Waals surface area contributed by atoms with Gasteiger partial charge in [0.05, 0.1) is 12.6 Å². The molecule has 12 heavy (non-hydrogen) atoms. The maximum absolute atomic E-state index is 11.4. The minimum Gasteiger partial charge on any atom is -0.465 e. The van der Waals surface area contributed by atoms with Gasteiger partial charge >= 0.3 is 12.5 Å². The van der Waals surface area contributed by atoms with E-state index < -0.39 is 25.1 Å². The van der Waals surface area contributed by atoms with E-state index in [1.807, 2.05) is 0 Å². The lowest BCUT2D eigenvalue weighted by atomic mass is 10.4. The predicted molar refractivity (Wildman–Crippen MR) is 32.6 cm³/mol. The molecule has 0 aliphatic rings. The summed E-state index contributed by atoms with van der Waals surface area (Å²) in [6.45, 7) is 0.537. The monoisotopic (exact) mass is 187 g/mol. The highest BCUT2D eigenvalue weighted by atomic mass is 19.4. The van der Waals surface area contributed by atoms with E-state index in [4.69, 9.17) is 5.11 Å². The third-order valence-electron chi connectivity index (χ3n) is 0.867. The second-order valence-electron chi connectivity index (χ2n) is 2.11. The van der Waals surface area contributed by atoms with Crippen LogP contribution in [0.4, 0.5) is 18.0 Å². The normalized spacial score (nSPS) is 14.0. The number of halogens is 3. The lowest BCUT2D eigenvalue weighted by molar-refractivity contribution is -0.325. The van der Waals surface area contributed by atoms with Gasteiger partial charge in [0, 0.05) is 0 Å². The topological polar surface area (TPSA) is 58.6 Å². The zero-order chi connectivity index (χ0) is 9.78. The molecule has 0 fully saturated rings. The maximum Gasteiger partial charge on any atom is 0.522 e. The van der Waals surface area contributed by atoms with Gasteiger partial charge in [0.15, 0.2) is 0 Å². The molecule has 4 nitrogen and oxygen atoms in total. The average molecular weight is 187 g/mol. The zero-order valence-corrected chi connectivity index (χ0v) is 6.18. The summed E-state index contributed by atoms with van der Waals surface area (Å²) < 4.78 is 37.4. The molecule has 0 aliphatic carbocycles. The molecule has 1 amide bonds. The summed E-state index contributed by atoms with van der Waals surface area (Å²) in [4.78, 5) is 9.89. The van der Waals surface area contributed by atoms with Crippen molar-refractivity contribution in [2.45, 2.75) is 19.3 Å². The number of carboxylic acid groups (broad SMARTS) is 1. The molecular formula is C5H8F3NO3. The molecule has 0 aromatic rings. The van der Waals surface area contributed by atoms with Crippen molar-refractivity contribution in [3.05, 3.63) is 0 Å². The fourth-order valence-electron chi connectivity index (χ4n) is 0.472. The Kier molecular flexibility index (Phi) is 3.81. The van der Waals surface area contributed by atoms with Crippen LogP contribution in [0.15, 0.2) is 0 Å². The van der Waals surface area contributed by atoms with Crippen LogP contribution in [0.2, 0.25) is 0 Å².